The molecule has 0 N–H and O–H groups in total. The minimum Gasteiger partial charge on any atom is -0.362 e. The summed E-state index contributed by atoms with van der Waals surface area (Å²) in [5.41, 5.74) is 0.783. The van der Waals surface area contributed by atoms with E-state index in [9.17, 15) is 23.3 Å². The van der Waals surface area contributed by atoms with Crippen LogP contribution in [0.3, 0.4) is 0 Å². The number of nitro groups is 1. The first-order valence-electron chi connectivity index (χ1n) is 9.47. The number of hydrogen-bond donors (Lipinski definition) is 0. The van der Waals surface area contributed by atoms with Crippen LogP contribution in [0.1, 0.15) is 17.3 Å². The van der Waals surface area contributed by atoms with Crippen molar-refractivity contribution in [2.75, 3.05) is 43.1 Å². The molecule has 0 saturated carbocycles. The Balaban J connectivity index is 1.78. The Morgan fingerprint density at radius 3 is 2.40 bits per heavy atom. The van der Waals surface area contributed by atoms with Crippen molar-refractivity contribution in [3.05, 3.63) is 58.1 Å². The molecule has 0 unspecified atom stereocenters. The van der Waals surface area contributed by atoms with Crippen LogP contribution in [0.4, 0.5) is 11.4 Å². The Bertz CT molecular complexity index is 1060. The minimum atomic E-state index is -3.54. The van der Waals surface area contributed by atoms with E-state index in [-0.39, 0.29) is 16.5 Å². The number of piperazine rings is 1. The van der Waals surface area contributed by atoms with Crippen LogP contribution >= 0.6 is 11.8 Å². The fraction of sp³-hybridized carbons (Fsp3) is 0.350. The van der Waals surface area contributed by atoms with Gasteiger partial charge in [0.05, 0.1) is 15.4 Å². The molecule has 2 aromatic rings. The Morgan fingerprint density at radius 1 is 1.13 bits per heavy atom. The van der Waals surface area contributed by atoms with Crippen molar-refractivity contribution in [1.29, 1.82) is 0 Å². The summed E-state index contributed by atoms with van der Waals surface area (Å²) in [6.45, 7) is 3.73. The summed E-state index contributed by atoms with van der Waals surface area (Å²) in [5, 5.41) is 11.5. The van der Waals surface area contributed by atoms with Crippen LogP contribution < -0.4 is 4.90 Å². The lowest BCUT2D eigenvalue weighted by molar-refractivity contribution is -0.384. The average Bonchev–Trinajstić information content (AvgIpc) is 2.73. The molecule has 1 amide bonds. The third-order valence-corrected chi connectivity index (χ3v) is 6.96. The van der Waals surface area contributed by atoms with Crippen molar-refractivity contribution in [2.45, 2.75) is 16.7 Å². The number of carbonyl (C=O) groups excluding carboxylic acids is 1. The van der Waals surface area contributed by atoms with Crippen molar-refractivity contribution >= 4 is 38.9 Å². The Morgan fingerprint density at radius 2 is 1.80 bits per heavy atom. The van der Waals surface area contributed by atoms with Gasteiger partial charge in [-0.15, -0.1) is 11.8 Å². The van der Waals surface area contributed by atoms with Gasteiger partial charge in [0.1, 0.15) is 5.69 Å². The van der Waals surface area contributed by atoms with Crippen molar-refractivity contribution in [3.8, 4) is 0 Å². The Labute approximate surface area is 179 Å². The molecule has 0 spiro atoms. The molecule has 8 nitrogen and oxygen atoms in total. The van der Waals surface area contributed by atoms with Gasteiger partial charge in [0, 0.05) is 43.4 Å². The van der Waals surface area contributed by atoms with Crippen LogP contribution in [0.15, 0.2) is 52.3 Å². The van der Waals surface area contributed by atoms with Gasteiger partial charge in [-0.05, 0) is 30.0 Å². The molecule has 0 bridgehead atoms. The molecule has 0 radical (unpaired) electrons. The SMILES string of the molecule is CCSc1ccccc1C(=O)N1CCN(c2ccc(S(C)(=O)=O)cc2[N+](=O)[O-])CC1. The first kappa shape index (κ1) is 22.1. The first-order valence-corrected chi connectivity index (χ1v) is 12.3. The molecule has 30 heavy (non-hydrogen) atoms. The molecule has 1 saturated heterocycles. The highest BCUT2D eigenvalue weighted by Crippen LogP contribution is 2.32. The van der Waals surface area contributed by atoms with E-state index in [0.29, 0.717) is 37.4 Å². The molecule has 2 aromatic carbocycles. The van der Waals surface area contributed by atoms with Gasteiger partial charge < -0.3 is 9.80 Å². The first-order chi connectivity index (χ1) is 14.2. The summed E-state index contributed by atoms with van der Waals surface area (Å²) in [5.74, 6) is 0.818. The maximum Gasteiger partial charge on any atom is 0.293 e. The Hall–Kier alpha value is -2.59. The monoisotopic (exact) mass is 449 g/mol. The average molecular weight is 450 g/mol. The Kier molecular flexibility index (Phi) is 6.67. The topological polar surface area (TPSA) is 101 Å². The summed E-state index contributed by atoms with van der Waals surface area (Å²) in [6.07, 6.45) is 1.02. The zero-order chi connectivity index (χ0) is 21.9. The van der Waals surface area contributed by atoms with Gasteiger partial charge in [0.2, 0.25) is 0 Å². The number of anilines is 1. The number of nitrogens with zero attached hydrogens (tertiary/aromatic N) is 3. The number of nitro benzene ring substituents is 1. The molecule has 1 fully saturated rings. The van der Waals surface area contributed by atoms with E-state index in [4.69, 9.17) is 0 Å². The molecule has 0 aliphatic carbocycles. The molecule has 1 heterocycles. The molecular formula is C20H23N3O5S2. The molecule has 0 aromatic heterocycles. The predicted octanol–water partition coefficient (Wildman–Crippen LogP) is 3.07. The number of hydrogen-bond acceptors (Lipinski definition) is 7. The summed E-state index contributed by atoms with van der Waals surface area (Å²) >= 11 is 1.62. The fourth-order valence-electron chi connectivity index (χ4n) is 3.39. The number of amides is 1. The second-order valence-electron chi connectivity index (χ2n) is 6.89. The van der Waals surface area contributed by atoms with E-state index in [1.54, 1.807) is 16.7 Å². The molecule has 0 atom stereocenters. The van der Waals surface area contributed by atoms with Crippen molar-refractivity contribution in [2.24, 2.45) is 0 Å². The number of rotatable bonds is 6. The summed E-state index contributed by atoms with van der Waals surface area (Å²) in [6, 6.07) is 11.5. The van der Waals surface area contributed by atoms with Gasteiger partial charge in [0.15, 0.2) is 9.84 Å². The van der Waals surface area contributed by atoms with E-state index >= 15 is 0 Å². The number of sulfone groups is 1. The number of thioether (sulfide) groups is 1. The zero-order valence-electron chi connectivity index (χ0n) is 16.8. The van der Waals surface area contributed by atoms with Crippen LogP contribution in [0, 0.1) is 10.1 Å². The highest BCUT2D eigenvalue weighted by Gasteiger charge is 2.28. The van der Waals surface area contributed by atoms with Gasteiger partial charge >= 0.3 is 0 Å². The van der Waals surface area contributed by atoms with Crippen molar-refractivity contribution in [1.82, 2.24) is 4.90 Å². The van der Waals surface area contributed by atoms with Gasteiger partial charge in [-0.25, -0.2) is 8.42 Å². The molecular weight excluding hydrogens is 426 g/mol. The van der Waals surface area contributed by atoms with Crippen molar-refractivity contribution in [3.63, 3.8) is 0 Å². The van der Waals surface area contributed by atoms with E-state index < -0.39 is 14.8 Å². The maximum atomic E-state index is 13.0. The normalized spacial score (nSPS) is 14.6. The quantitative estimate of drug-likeness (QED) is 0.379. The van der Waals surface area contributed by atoms with E-state index in [2.05, 4.69) is 0 Å². The fourth-order valence-corrected chi connectivity index (χ4v) is 4.83. The van der Waals surface area contributed by atoms with Crippen molar-refractivity contribution < 1.29 is 18.1 Å². The highest BCUT2D eigenvalue weighted by atomic mass is 32.2. The predicted molar refractivity (Wildman–Crippen MR) is 117 cm³/mol. The number of carbonyl (C=O) groups is 1. The summed E-state index contributed by atoms with van der Waals surface area (Å²) < 4.78 is 23.5. The third kappa shape index (κ3) is 4.76. The van der Waals surface area contributed by atoms with Crippen LogP contribution in [0.5, 0.6) is 0 Å². The van der Waals surface area contributed by atoms with Gasteiger partial charge in [-0.2, -0.15) is 0 Å². The van der Waals surface area contributed by atoms with E-state index in [1.807, 2.05) is 36.1 Å². The van der Waals surface area contributed by atoms with Crippen LogP contribution in [-0.2, 0) is 9.84 Å². The molecule has 160 valence electrons. The minimum absolute atomic E-state index is 0.0480. The van der Waals surface area contributed by atoms with Gasteiger partial charge in [-0.1, -0.05) is 19.1 Å². The lowest BCUT2D eigenvalue weighted by atomic mass is 10.1. The molecule has 1 aliphatic rings. The maximum absolute atomic E-state index is 13.0. The van der Waals surface area contributed by atoms with Crippen LogP contribution in [0.25, 0.3) is 0 Å². The summed E-state index contributed by atoms with van der Waals surface area (Å²) in [4.78, 5) is 28.4. The zero-order valence-corrected chi connectivity index (χ0v) is 18.4. The lowest BCUT2D eigenvalue weighted by Crippen LogP contribution is -2.49. The standard InChI is InChI=1S/C20H23N3O5S2/c1-3-29-19-7-5-4-6-16(19)20(24)22-12-10-21(11-13-22)17-9-8-15(30(2,27)28)14-18(17)23(25)26/h4-9,14H,3,10-13H2,1-2H3. The molecule has 3 rings (SSSR count). The van der Waals surface area contributed by atoms with E-state index in [0.717, 1.165) is 23.0 Å². The van der Waals surface area contributed by atoms with E-state index in [1.165, 1.54) is 12.1 Å². The van der Waals surface area contributed by atoms with Gasteiger partial charge in [0.25, 0.3) is 11.6 Å². The van der Waals surface area contributed by atoms with Crippen LogP contribution in [0.2, 0.25) is 0 Å². The molecule has 1 aliphatic heterocycles. The largest absolute Gasteiger partial charge is 0.362 e. The summed E-state index contributed by atoms with van der Waals surface area (Å²) in [7, 11) is -3.54. The second-order valence-corrected chi connectivity index (χ2v) is 10.2. The lowest BCUT2D eigenvalue weighted by Gasteiger charge is -2.36. The second kappa shape index (κ2) is 9.05. The smallest absolute Gasteiger partial charge is 0.293 e. The molecule has 10 heteroatoms. The third-order valence-electron chi connectivity index (χ3n) is 4.90. The van der Waals surface area contributed by atoms with Gasteiger partial charge in [-0.3, -0.25) is 14.9 Å². The highest BCUT2D eigenvalue weighted by molar-refractivity contribution is 7.99. The van der Waals surface area contributed by atoms with Crippen LogP contribution in [-0.4, -0.2) is 62.3 Å². The number of benzene rings is 2.